The van der Waals surface area contributed by atoms with E-state index in [0.29, 0.717) is 28.9 Å². The first kappa shape index (κ1) is 32.9. The highest BCUT2D eigenvalue weighted by Gasteiger charge is 2.51. The van der Waals surface area contributed by atoms with Crippen LogP contribution in [0.2, 0.25) is 0 Å². The molecule has 0 aliphatic heterocycles. The first-order valence-electron chi connectivity index (χ1n) is 17.5. The first-order chi connectivity index (χ1) is 26.1. The van der Waals surface area contributed by atoms with Crippen molar-refractivity contribution >= 4 is 5.57 Å². The van der Waals surface area contributed by atoms with Gasteiger partial charge in [-0.1, -0.05) is 97.1 Å². The van der Waals surface area contributed by atoms with E-state index in [1.54, 1.807) is 30.6 Å². The van der Waals surface area contributed by atoms with Gasteiger partial charge in [0.05, 0.1) is 34.5 Å². The largest absolute Gasteiger partial charge is 0.405 e. The second-order valence-corrected chi connectivity index (χ2v) is 13.1. The minimum Gasteiger partial charge on any atom is -0.405 e. The number of unbranched alkanes of at least 4 members (excludes halogenated alkanes) is 1. The van der Waals surface area contributed by atoms with E-state index in [-0.39, 0.29) is 0 Å². The second-order valence-electron chi connectivity index (χ2n) is 13.1. The highest BCUT2D eigenvalue weighted by Crippen LogP contribution is 2.63. The monoisotopic (exact) mass is 682 g/mol. The van der Waals surface area contributed by atoms with Crippen LogP contribution in [-0.4, -0.2) is 9.97 Å². The van der Waals surface area contributed by atoms with Gasteiger partial charge in [0.1, 0.15) is 0 Å². The van der Waals surface area contributed by atoms with Crippen LogP contribution in [0.5, 0.6) is 0 Å². The average molecular weight is 683 g/mol. The van der Waals surface area contributed by atoms with Crippen molar-refractivity contribution in [2.75, 3.05) is 0 Å². The van der Waals surface area contributed by atoms with E-state index in [9.17, 15) is 10.5 Å². The lowest BCUT2D eigenvalue weighted by atomic mass is 9.70. The smallest absolute Gasteiger partial charge is 0.0992 e. The van der Waals surface area contributed by atoms with E-state index in [4.69, 9.17) is 16.5 Å². The third-order valence-corrected chi connectivity index (χ3v) is 10.3. The molecule has 2 heterocycles. The van der Waals surface area contributed by atoms with Gasteiger partial charge < -0.3 is 11.5 Å². The molecule has 0 amide bonds. The minimum absolute atomic E-state index is 0.544. The zero-order valence-corrected chi connectivity index (χ0v) is 28.9. The van der Waals surface area contributed by atoms with Gasteiger partial charge in [-0.15, -0.1) is 0 Å². The lowest BCUT2D eigenvalue weighted by molar-refractivity contribution is 0.793. The maximum Gasteiger partial charge on any atom is 0.0992 e. The fourth-order valence-corrected chi connectivity index (χ4v) is 7.90. The van der Waals surface area contributed by atoms with Gasteiger partial charge in [-0.3, -0.25) is 9.97 Å². The molecule has 0 unspecified atom stereocenters. The number of hydrogen-bond donors (Lipinski definition) is 2. The Labute approximate surface area is 309 Å². The molecule has 53 heavy (non-hydrogen) atoms. The number of pyridine rings is 2. The summed E-state index contributed by atoms with van der Waals surface area (Å²) in [6.45, 7) is 0. The molecule has 0 atom stereocenters. The Hall–Kier alpha value is -7.28. The van der Waals surface area contributed by atoms with Gasteiger partial charge >= 0.3 is 0 Å². The average Bonchev–Trinajstić information content (AvgIpc) is 3.68. The number of nitrogens with two attached hydrogens (primary N) is 2. The molecule has 0 radical (unpaired) electrons. The summed E-state index contributed by atoms with van der Waals surface area (Å²) in [6.07, 6.45) is 15.7. The molecule has 252 valence electrons. The van der Waals surface area contributed by atoms with Crippen LogP contribution in [0.3, 0.4) is 0 Å². The van der Waals surface area contributed by atoms with Gasteiger partial charge in [0.2, 0.25) is 0 Å². The van der Waals surface area contributed by atoms with E-state index in [2.05, 4.69) is 120 Å². The number of nitriles is 2. The molecule has 0 saturated heterocycles. The van der Waals surface area contributed by atoms with Gasteiger partial charge in [-0.05, 0) is 117 Å². The normalized spacial score (nSPS) is 13.8. The third-order valence-electron chi connectivity index (χ3n) is 10.3. The van der Waals surface area contributed by atoms with Crippen molar-refractivity contribution in [2.45, 2.75) is 18.3 Å². The van der Waals surface area contributed by atoms with Crippen LogP contribution < -0.4 is 11.5 Å². The Balaban J connectivity index is 1.24. The topological polar surface area (TPSA) is 125 Å². The van der Waals surface area contributed by atoms with Crippen molar-refractivity contribution in [3.05, 3.63) is 197 Å². The van der Waals surface area contributed by atoms with Crippen molar-refractivity contribution in [1.29, 1.82) is 10.5 Å². The highest BCUT2D eigenvalue weighted by molar-refractivity contribution is 5.96. The molecule has 6 aromatic rings. The van der Waals surface area contributed by atoms with E-state index < -0.39 is 5.41 Å². The number of fused-ring (bicyclic) bond motifs is 10. The maximum absolute atomic E-state index is 9.37. The molecule has 4 aromatic carbocycles. The summed E-state index contributed by atoms with van der Waals surface area (Å²) in [5.41, 5.74) is 27.5. The van der Waals surface area contributed by atoms with Gasteiger partial charge in [0.15, 0.2) is 0 Å². The molecule has 0 fully saturated rings. The predicted molar refractivity (Wildman–Crippen MR) is 211 cm³/mol. The van der Waals surface area contributed by atoms with E-state index >= 15 is 0 Å². The Morgan fingerprint density at radius 1 is 0.660 bits per heavy atom. The van der Waals surface area contributed by atoms with Crippen molar-refractivity contribution in [3.8, 4) is 56.9 Å². The van der Waals surface area contributed by atoms with Crippen LogP contribution in [0.25, 0.3) is 50.3 Å². The number of allylic oxidation sites excluding steroid dienone is 6. The van der Waals surface area contributed by atoms with Gasteiger partial charge in [-0.25, -0.2) is 0 Å². The van der Waals surface area contributed by atoms with Crippen molar-refractivity contribution in [3.63, 3.8) is 0 Å². The summed E-state index contributed by atoms with van der Waals surface area (Å²) in [5, 5.41) is 18.7. The van der Waals surface area contributed by atoms with Gasteiger partial charge in [0.25, 0.3) is 0 Å². The molecule has 2 aliphatic rings. The highest BCUT2D eigenvalue weighted by atomic mass is 14.8. The standard InChI is InChI=1S/C47H34N6/c48-22-20-31(27-49)8-2-1-3-9-35(29-51)33-14-17-39-40-18-15-34(36-16-19-45(53-30-36)46-24-32(28-50)21-23-52-46)26-44(40)47(43(39)25-33)41-12-6-4-10-37(41)38-11-5-7-13-42(38)47/h3-26,29-30H,1-2,48,51H2/b9-3-,22-20-,31-8+,35-29+. The summed E-state index contributed by atoms with van der Waals surface area (Å²) >= 11 is 0. The molecule has 0 saturated carbocycles. The molecule has 1 spiro atoms. The van der Waals surface area contributed by atoms with E-state index in [1.165, 1.54) is 50.7 Å². The lowest BCUT2D eigenvalue weighted by Crippen LogP contribution is -2.26. The quantitative estimate of drug-likeness (QED) is 0.0934. The fourth-order valence-electron chi connectivity index (χ4n) is 7.90. The van der Waals surface area contributed by atoms with E-state index in [1.807, 2.05) is 18.3 Å². The molecule has 6 nitrogen and oxygen atoms in total. The summed E-state index contributed by atoms with van der Waals surface area (Å²) in [4.78, 5) is 9.21. The predicted octanol–water partition coefficient (Wildman–Crippen LogP) is 9.58. The van der Waals surface area contributed by atoms with Crippen LogP contribution in [0, 0.1) is 22.7 Å². The maximum atomic E-state index is 9.37. The molecule has 2 aromatic heterocycles. The first-order valence-corrected chi connectivity index (χ1v) is 17.5. The fraction of sp³-hybridized carbons (Fsp3) is 0.0638. The Morgan fingerprint density at radius 2 is 1.36 bits per heavy atom. The second kappa shape index (κ2) is 13.8. The zero-order chi connectivity index (χ0) is 36.4. The molecule has 4 N–H and O–H groups in total. The summed E-state index contributed by atoms with van der Waals surface area (Å²) in [5.74, 6) is 0. The number of nitrogens with zero attached hydrogens (tertiary/aromatic N) is 4. The zero-order valence-electron chi connectivity index (χ0n) is 28.9. The lowest BCUT2D eigenvalue weighted by Gasteiger charge is -2.31. The number of rotatable bonds is 8. The summed E-state index contributed by atoms with van der Waals surface area (Å²) < 4.78 is 0. The van der Waals surface area contributed by atoms with Crippen LogP contribution >= 0.6 is 0 Å². The SMILES string of the molecule is N#CC(/C=C\N)=C/CC/C=C\C(=C/N)c1ccc2c(c1)C1(c3ccccc3-c3ccccc31)c1cc(-c3ccc(-c4cc(C#N)ccn4)nc3)ccc1-2. The van der Waals surface area contributed by atoms with Crippen LogP contribution in [-0.2, 0) is 5.41 Å². The van der Waals surface area contributed by atoms with Crippen molar-refractivity contribution in [2.24, 2.45) is 11.5 Å². The molecule has 6 heteroatoms. The van der Waals surface area contributed by atoms with E-state index in [0.717, 1.165) is 28.7 Å². The number of benzene rings is 4. The summed E-state index contributed by atoms with van der Waals surface area (Å²) in [6, 6.07) is 42.8. The van der Waals surface area contributed by atoms with Crippen molar-refractivity contribution < 1.29 is 0 Å². The third kappa shape index (κ3) is 5.51. The Morgan fingerprint density at radius 3 is 2.04 bits per heavy atom. The number of aromatic nitrogens is 2. The van der Waals surface area contributed by atoms with Crippen LogP contribution in [0.1, 0.15) is 46.2 Å². The molecule has 2 aliphatic carbocycles. The molecule has 8 rings (SSSR count). The Bertz CT molecular complexity index is 2560. The molecular formula is C47H34N6. The van der Waals surface area contributed by atoms with Gasteiger partial charge in [0, 0.05) is 29.7 Å². The van der Waals surface area contributed by atoms with Crippen molar-refractivity contribution in [1.82, 2.24) is 9.97 Å². The summed E-state index contributed by atoms with van der Waals surface area (Å²) in [7, 11) is 0. The van der Waals surface area contributed by atoms with Crippen LogP contribution in [0.15, 0.2) is 164 Å². The minimum atomic E-state index is -0.544. The number of hydrogen-bond acceptors (Lipinski definition) is 6. The Kier molecular flexibility index (Phi) is 8.56. The molecular weight excluding hydrogens is 649 g/mol. The molecule has 0 bridgehead atoms. The van der Waals surface area contributed by atoms with Gasteiger partial charge in [-0.2, -0.15) is 10.5 Å². The van der Waals surface area contributed by atoms with Crippen LogP contribution in [0.4, 0.5) is 0 Å².